The van der Waals surface area contributed by atoms with Crippen molar-refractivity contribution >= 4 is 23.7 Å². The molecule has 1 aromatic rings. The van der Waals surface area contributed by atoms with Gasteiger partial charge in [0.05, 0.1) is 0 Å². The second-order valence-electron chi connectivity index (χ2n) is 4.02. The Balaban J connectivity index is 2.19. The van der Waals surface area contributed by atoms with Crippen LogP contribution in [0, 0.1) is 0 Å². The molecular weight excluding hydrogens is 218 g/mol. The van der Waals surface area contributed by atoms with Gasteiger partial charge in [-0.1, -0.05) is 19.1 Å². The minimum atomic E-state index is 0.702. The molecule has 1 unspecified atom stereocenters. The predicted molar refractivity (Wildman–Crippen MR) is 70.6 cm³/mol. The van der Waals surface area contributed by atoms with Crippen LogP contribution in [-0.2, 0) is 0 Å². The second kappa shape index (κ2) is 5.39. The Hall–Kier alpha value is -0.960. The van der Waals surface area contributed by atoms with Crippen molar-refractivity contribution < 1.29 is 4.79 Å². The van der Waals surface area contributed by atoms with Gasteiger partial charge in [0.1, 0.15) is 0 Å². The van der Waals surface area contributed by atoms with Crippen molar-refractivity contribution in [2.24, 2.45) is 0 Å². The summed E-state index contributed by atoms with van der Waals surface area (Å²) in [4.78, 5) is 13.3. The van der Waals surface area contributed by atoms with Crippen LogP contribution in [0.15, 0.2) is 24.3 Å². The fourth-order valence-electron chi connectivity index (χ4n) is 2.06. The number of anilines is 1. The van der Waals surface area contributed by atoms with E-state index in [0.29, 0.717) is 5.25 Å². The van der Waals surface area contributed by atoms with Gasteiger partial charge in [0, 0.05) is 35.3 Å². The fraction of sp³-hybridized carbons (Fsp3) is 0.462. The SMILES string of the molecule is CCC1CN(c2ccccc2C=O)CCS1. The molecule has 1 atom stereocenters. The van der Waals surface area contributed by atoms with Crippen LogP contribution in [0.3, 0.4) is 0 Å². The van der Waals surface area contributed by atoms with E-state index in [9.17, 15) is 4.79 Å². The topological polar surface area (TPSA) is 20.3 Å². The van der Waals surface area contributed by atoms with E-state index in [2.05, 4.69) is 11.8 Å². The number of benzene rings is 1. The van der Waals surface area contributed by atoms with Crippen LogP contribution in [0.4, 0.5) is 5.69 Å². The van der Waals surface area contributed by atoms with Gasteiger partial charge in [0.25, 0.3) is 0 Å². The number of aldehydes is 1. The van der Waals surface area contributed by atoms with Gasteiger partial charge in [-0.25, -0.2) is 0 Å². The summed E-state index contributed by atoms with van der Waals surface area (Å²) < 4.78 is 0. The minimum Gasteiger partial charge on any atom is -0.369 e. The van der Waals surface area contributed by atoms with E-state index in [1.165, 1.54) is 6.42 Å². The largest absolute Gasteiger partial charge is 0.369 e. The lowest BCUT2D eigenvalue weighted by Crippen LogP contribution is -2.38. The van der Waals surface area contributed by atoms with Crippen LogP contribution in [0.2, 0.25) is 0 Å². The van der Waals surface area contributed by atoms with Gasteiger partial charge in [0.2, 0.25) is 0 Å². The number of hydrogen-bond donors (Lipinski definition) is 0. The highest BCUT2D eigenvalue weighted by molar-refractivity contribution is 8.00. The zero-order valence-corrected chi connectivity index (χ0v) is 10.4. The lowest BCUT2D eigenvalue weighted by molar-refractivity contribution is 0.112. The summed E-state index contributed by atoms with van der Waals surface area (Å²) in [7, 11) is 0. The first-order chi connectivity index (χ1) is 7.85. The van der Waals surface area contributed by atoms with Gasteiger partial charge in [-0.2, -0.15) is 11.8 Å². The van der Waals surface area contributed by atoms with Crippen molar-refractivity contribution in [2.45, 2.75) is 18.6 Å². The Morgan fingerprint density at radius 3 is 3.06 bits per heavy atom. The van der Waals surface area contributed by atoms with Crippen molar-refractivity contribution in [3.8, 4) is 0 Å². The number of thioether (sulfide) groups is 1. The highest BCUT2D eigenvalue weighted by atomic mass is 32.2. The summed E-state index contributed by atoms with van der Waals surface area (Å²) in [5, 5.41) is 0.702. The number of para-hydroxylation sites is 1. The third-order valence-corrected chi connectivity index (χ3v) is 4.37. The molecule has 0 aromatic heterocycles. The number of hydrogen-bond acceptors (Lipinski definition) is 3. The molecule has 0 saturated carbocycles. The first-order valence-electron chi connectivity index (χ1n) is 5.76. The number of nitrogens with zero attached hydrogens (tertiary/aromatic N) is 1. The van der Waals surface area contributed by atoms with E-state index < -0.39 is 0 Å². The number of carbonyl (C=O) groups excluding carboxylic acids is 1. The van der Waals surface area contributed by atoms with E-state index >= 15 is 0 Å². The van der Waals surface area contributed by atoms with E-state index in [4.69, 9.17) is 0 Å². The Morgan fingerprint density at radius 1 is 1.50 bits per heavy atom. The molecule has 3 heteroatoms. The third-order valence-electron chi connectivity index (χ3n) is 3.00. The molecule has 1 aliphatic heterocycles. The molecule has 0 spiro atoms. The van der Waals surface area contributed by atoms with Crippen LogP contribution >= 0.6 is 11.8 Å². The van der Waals surface area contributed by atoms with Crippen LogP contribution < -0.4 is 4.90 Å². The average molecular weight is 235 g/mol. The van der Waals surface area contributed by atoms with Crippen molar-refractivity contribution in [1.82, 2.24) is 0 Å². The molecule has 1 aromatic carbocycles. The quantitative estimate of drug-likeness (QED) is 0.751. The summed E-state index contributed by atoms with van der Waals surface area (Å²) in [6.07, 6.45) is 2.16. The molecule has 1 fully saturated rings. The number of carbonyl (C=O) groups is 1. The lowest BCUT2D eigenvalue weighted by Gasteiger charge is -2.34. The maximum absolute atomic E-state index is 11.0. The van der Waals surface area contributed by atoms with Gasteiger partial charge < -0.3 is 4.90 Å². The van der Waals surface area contributed by atoms with E-state index in [1.807, 2.05) is 36.0 Å². The molecule has 0 radical (unpaired) electrons. The second-order valence-corrected chi connectivity index (χ2v) is 5.43. The molecule has 2 rings (SSSR count). The average Bonchev–Trinajstić information content (AvgIpc) is 2.38. The van der Waals surface area contributed by atoms with E-state index in [-0.39, 0.29) is 0 Å². The van der Waals surface area contributed by atoms with Crippen molar-refractivity contribution in [1.29, 1.82) is 0 Å². The molecule has 1 heterocycles. The molecule has 16 heavy (non-hydrogen) atoms. The van der Waals surface area contributed by atoms with E-state index in [0.717, 1.165) is 36.4 Å². The lowest BCUT2D eigenvalue weighted by atomic mass is 10.1. The molecule has 2 nitrogen and oxygen atoms in total. The minimum absolute atomic E-state index is 0.702. The smallest absolute Gasteiger partial charge is 0.152 e. The zero-order chi connectivity index (χ0) is 11.4. The first-order valence-corrected chi connectivity index (χ1v) is 6.80. The molecule has 1 saturated heterocycles. The molecule has 0 bridgehead atoms. The first kappa shape index (κ1) is 11.5. The van der Waals surface area contributed by atoms with Crippen LogP contribution in [0.25, 0.3) is 0 Å². The van der Waals surface area contributed by atoms with Crippen molar-refractivity contribution in [2.75, 3.05) is 23.7 Å². The highest BCUT2D eigenvalue weighted by Gasteiger charge is 2.20. The molecule has 0 aliphatic carbocycles. The van der Waals surface area contributed by atoms with Gasteiger partial charge in [-0.3, -0.25) is 4.79 Å². The summed E-state index contributed by atoms with van der Waals surface area (Å²) in [5.74, 6) is 1.16. The molecule has 0 amide bonds. The van der Waals surface area contributed by atoms with E-state index in [1.54, 1.807) is 0 Å². The van der Waals surface area contributed by atoms with Crippen LogP contribution in [-0.4, -0.2) is 30.4 Å². The monoisotopic (exact) mass is 235 g/mol. The Kier molecular flexibility index (Phi) is 3.88. The van der Waals surface area contributed by atoms with Gasteiger partial charge in [0.15, 0.2) is 6.29 Å². The van der Waals surface area contributed by atoms with Gasteiger partial charge >= 0.3 is 0 Å². The standard InChI is InChI=1S/C13H17NOS/c1-2-12-9-14(7-8-16-12)13-6-4-3-5-11(13)10-15/h3-6,10,12H,2,7-9H2,1H3. The number of rotatable bonds is 3. The highest BCUT2D eigenvalue weighted by Crippen LogP contribution is 2.27. The molecule has 1 aliphatic rings. The Bertz CT molecular complexity index is 367. The Labute approximate surface area is 101 Å². The van der Waals surface area contributed by atoms with Gasteiger partial charge in [-0.15, -0.1) is 0 Å². The van der Waals surface area contributed by atoms with Crippen LogP contribution in [0.1, 0.15) is 23.7 Å². The predicted octanol–water partition coefficient (Wildman–Crippen LogP) is 2.83. The van der Waals surface area contributed by atoms with Crippen molar-refractivity contribution in [3.63, 3.8) is 0 Å². The maximum Gasteiger partial charge on any atom is 0.152 e. The molecular formula is C13H17NOS. The summed E-state index contributed by atoms with van der Waals surface area (Å²) in [6, 6.07) is 7.87. The van der Waals surface area contributed by atoms with Crippen molar-refractivity contribution in [3.05, 3.63) is 29.8 Å². The molecule has 0 N–H and O–H groups in total. The normalized spacial score (nSPS) is 20.8. The maximum atomic E-state index is 11.0. The van der Waals surface area contributed by atoms with Gasteiger partial charge in [-0.05, 0) is 18.6 Å². The summed E-state index contributed by atoms with van der Waals surface area (Å²) in [6.45, 7) is 4.34. The third kappa shape index (κ3) is 2.40. The fourth-order valence-corrected chi connectivity index (χ4v) is 3.24. The summed E-state index contributed by atoms with van der Waals surface area (Å²) >= 11 is 2.05. The van der Waals surface area contributed by atoms with Crippen LogP contribution in [0.5, 0.6) is 0 Å². The zero-order valence-electron chi connectivity index (χ0n) is 9.56. The molecule has 86 valence electrons. The summed E-state index contributed by atoms with van der Waals surface area (Å²) in [5.41, 5.74) is 1.90. The Morgan fingerprint density at radius 2 is 2.31 bits per heavy atom.